The molecule has 2 heterocycles. The number of aromatic nitrogens is 1. The minimum Gasteiger partial charge on any atom is -0.454 e. The van der Waals surface area contributed by atoms with Crippen LogP contribution in [-0.4, -0.2) is 11.4 Å². The number of rotatable bonds is 6. The van der Waals surface area contributed by atoms with Gasteiger partial charge in [-0.3, -0.25) is 0 Å². The maximum Gasteiger partial charge on any atom is 0.231 e. The van der Waals surface area contributed by atoms with Crippen LogP contribution in [0.5, 0.6) is 11.5 Å². The molecule has 25 heavy (non-hydrogen) atoms. The second-order valence-electron chi connectivity index (χ2n) is 6.22. The van der Waals surface area contributed by atoms with Crippen LogP contribution in [0.4, 0.5) is 0 Å². The Hall–Kier alpha value is -2.72. The molecule has 0 atom stereocenters. The number of hydrogen-bond acceptors (Lipinski definition) is 3. The first-order valence-corrected chi connectivity index (χ1v) is 8.44. The second-order valence-corrected chi connectivity index (χ2v) is 6.22. The van der Waals surface area contributed by atoms with Gasteiger partial charge >= 0.3 is 0 Å². The van der Waals surface area contributed by atoms with Crippen LogP contribution < -0.4 is 9.47 Å². The molecule has 0 saturated heterocycles. The van der Waals surface area contributed by atoms with Crippen LogP contribution in [0.15, 0.2) is 60.8 Å². The Kier molecular flexibility index (Phi) is 4.44. The van der Waals surface area contributed by atoms with Gasteiger partial charge in [0.1, 0.15) is 0 Å². The summed E-state index contributed by atoms with van der Waals surface area (Å²) in [6.07, 6.45) is 2.13. The number of ether oxygens (including phenoxy) is 3. The van der Waals surface area contributed by atoms with Crippen LogP contribution in [-0.2, 0) is 24.5 Å². The predicted octanol–water partition coefficient (Wildman–Crippen LogP) is 4.29. The summed E-state index contributed by atoms with van der Waals surface area (Å²) in [7, 11) is 0. The summed E-state index contributed by atoms with van der Waals surface area (Å²) in [5.74, 6) is 1.60. The lowest BCUT2D eigenvalue weighted by Crippen LogP contribution is -2.02. The lowest BCUT2D eigenvalue weighted by molar-refractivity contribution is 0.106. The monoisotopic (exact) mass is 335 g/mol. The van der Waals surface area contributed by atoms with Gasteiger partial charge in [-0.15, -0.1) is 0 Å². The fourth-order valence-electron chi connectivity index (χ4n) is 3.01. The highest BCUT2D eigenvalue weighted by Crippen LogP contribution is 2.32. The average molecular weight is 335 g/mol. The molecule has 2 aromatic carbocycles. The number of hydrogen-bond donors (Lipinski definition) is 0. The van der Waals surface area contributed by atoms with Gasteiger partial charge in [-0.2, -0.15) is 0 Å². The van der Waals surface area contributed by atoms with Crippen LogP contribution in [0.3, 0.4) is 0 Å². The van der Waals surface area contributed by atoms with Crippen molar-refractivity contribution in [1.82, 2.24) is 4.57 Å². The number of benzene rings is 2. The Bertz CT molecular complexity index is 855. The van der Waals surface area contributed by atoms with Crippen LogP contribution in [0.2, 0.25) is 0 Å². The van der Waals surface area contributed by atoms with Crippen molar-refractivity contribution in [2.45, 2.75) is 26.7 Å². The van der Waals surface area contributed by atoms with Gasteiger partial charge in [0.05, 0.1) is 13.2 Å². The molecule has 1 aliphatic rings. The van der Waals surface area contributed by atoms with Crippen molar-refractivity contribution in [1.29, 1.82) is 0 Å². The Morgan fingerprint density at radius 1 is 0.920 bits per heavy atom. The quantitative estimate of drug-likeness (QED) is 0.674. The summed E-state index contributed by atoms with van der Waals surface area (Å²) in [6.45, 7) is 4.48. The molecule has 4 nitrogen and oxygen atoms in total. The lowest BCUT2D eigenvalue weighted by atomic mass is 10.2. The van der Waals surface area contributed by atoms with E-state index in [9.17, 15) is 0 Å². The molecule has 0 unspecified atom stereocenters. The summed E-state index contributed by atoms with van der Waals surface area (Å²) in [5.41, 5.74) is 4.85. The van der Waals surface area contributed by atoms with E-state index in [0.29, 0.717) is 20.0 Å². The van der Waals surface area contributed by atoms with Gasteiger partial charge in [-0.25, -0.2) is 0 Å². The van der Waals surface area contributed by atoms with Crippen LogP contribution in [0.1, 0.15) is 22.4 Å². The van der Waals surface area contributed by atoms with Crippen molar-refractivity contribution < 1.29 is 14.2 Å². The van der Waals surface area contributed by atoms with Gasteiger partial charge in [0.2, 0.25) is 6.79 Å². The van der Waals surface area contributed by atoms with Gasteiger partial charge in [0.15, 0.2) is 11.5 Å². The zero-order valence-corrected chi connectivity index (χ0v) is 14.3. The summed E-state index contributed by atoms with van der Waals surface area (Å²) in [4.78, 5) is 0. The van der Waals surface area contributed by atoms with Crippen molar-refractivity contribution in [3.63, 3.8) is 0 Å². The summed E-state index contributed by atoms with van der Waals surface area (Å²) in [6, 6.07) is 18.6. The van der Waals surface area contributed by atoms with Crippen LogP contribution >= 0.6 is 0 Å². The number of fused-ring (bicyclic) bond motifs is 1. The zero-order chi connectivity index (χ0) is 17.1. The molecule has 0 fully saturated rings. The Labute approximate surface area is 147 Å². The van der Waals surface area contributed by atoms with Gasteiger partial charge in [-0.05, 0) is 41.8 Å². The van der Waals surface area contributed by atoms with Crippen molar-refractivity contribution in [2.24, 2.45) is 0 Å². The smallest absolute Gasteiger partial charge is 0.231 e. The fraction of sp³-hybridized carbons (Fsp3) is 0.238. The number of nitrogens with zero attached hydrogens (tertiary/aromatic N) is 1. The standard InChI is InChI=1S/C21H21NO3/c1-16-19(9-10-22(16)12-17-5-3-2-4-6-17)14-23-13-18-7-8-20-21(11-18)25-15-24-20/h2-11H,12-15H2,1H3. The topological polar surface area (TPSA) is 32.6 Å². The molecule has 1 aromatic heterocycles. The molecule has 0 N–H and O–H groups in total. The van der Waals surface area contributed by atoms with Crippen molar-refractivity contribution in [3.05, 3.63) is 83.2 Å². The van der Waals surface area contributed by atoms with Crippen molar-refractivity contribution >= 4 is 0 Å². The summed E-state index contributed by atoms with van der Waals surface area (Å²) < 4.78 is 18.9. The summed E-state index contributed by atoms with van der Waals surface area (Å²) >= 11 is 0. The van der Waals surface area contributed by atoms with Crippen molar-refractivity contribution in [3.8, 4) is 11.5 Å². The molecule has 0 bridgehead atoms. The average Bonchev–Trinajstić information content (AvgIpc) is 3.24. The molecule has 3 aromatic rings. The highest BCUT2D eigenvalue weighted by atomic mass is 16.7. The SMILES string of the molecule is Cc1c(COCc2ccc3c(c2)OCO3)ccn1Cc1ccccc1. The lowest BCUT2D eigenvalue weighted by Gasteiger charge is -2.09. The van der Waals surface area contributed by atoms with E-state index in [1.54, 1.807) is 0 Å². The maximum absolute atomic E-state index is 5.90. The van der Waals surface area contributed by atoms with Gasteiger partial charge in [0, 0.05) is 18.4 Å². The van der Waals surface area contributed by atoms with E-state index in [1.807, 2.05) is 24.3 Å². The molecule has 0 amide bonds. The van der Waals surface area contributed by atoms with E-state index in [1.165, 1.54) is 16.8 Å². The molecule has 128 valence electrons. The molecule has 1 aliphatic heterocycles. The first-order valence-electron chi connectivity index (χ1n) is 8.44. The van der Waals surface area contributed by atoms with E-state index in [-0.39, 0.29) is 0 Å². The van der Waals surface area contributed by atoms with Crippen molar-refractivity contribution in [2.75, 3.05) is 6.79 Å². The maximum atomic E-state index is 5.90. The normalized spacial score (nSPS) is 12.5. The minimum atomic E-state index is 0.299. The highest BCUT2D eigenvalue weighted by Gasteiger charge is 2.13. The summed E-state index contributed by atoms with van der Waals surface area (Å²) in [5, 5.41) is 0. The third-order valence-corrected chi connectivity index (χ3v) is 4.51. The zero-order valence-electron chi connectivity index (χ0n) is 14.3. The fourth-order valence-corrected chi connectivity index (χ4v) is 3.01. The molecule has 0 spiro atoms. The van der Waals surface area contributed by atoms with Gasteiger partial charge in [-0.1, -0.05) is 36.4 Å². The van der Waals surface area contributed by atoms with E-state index in [0.717, 1.165) is 23.6 Å². The molecule has 0 saturated carbocycles. The Morgan fingerprint density at radius 3 is 2.64 bits per heavy atom. The van der Waals surface area contributed by atoms with Gasteiger partial charge in [0.25, 0.3) is 0 Å². The molecular weight excluding hydrogens is 314 g/mol. The molecular formula is C21H21NO3. The Morgan fingerprint density at radius 2 is 1.76 bits per heavy atom. The largest absolute Gasteiger partial charge is 0.454 e. The van der Waals surface area contributed by atoms with E-state index < -0.39 is 0 Å². The minimum absolute atomic E-state index is 0.299. The Balaban J connectivity index is 1.35. The predicted molar refractivity (Wildman–Crippen MR) is 95.8 cm³/mol. The van der Waals surface area contributed by atoms with Gasteiger partial charge < -0.3 is 18.8 Å². The third-order valence-electron chi connectivity index (χ3n) is 4.51. The molecule has 0 aliphatic carbocycles. The van der Waals surface area contributed by atoms with E-state index >= 15 is 0 Å². The molecule has 4 heteroatoms. The second kappa shape index (κ2) is 7.03. The van der Waals surface area contributed by atoms with E-state index in [4.69, 9.17) is 14.2 Å². The van der Waals surface area contributed by atoms with E-state index in [2.05, 4.69) is 48.0 Å². The molecule has 0 radical (unpaired) electrons. The first kappa shape index (κ1) is 15.8. The first-order chi connectivity index (χ1) is 12.3. The highest BCUT2D eigenvalue weighted by molar-refractivity contribution is 5.44. The molecule has 4 rings (SSSR count). The van der Waals surface area contributed by atoms with Crippen LogP contribution in [0, 0.1) is 6.92 Å². The third kappa shape index (κ3) is 3.54. The van der Waals surface area contributed by atoms with Crippen LogP contribution in [0.25, 0.3) is 0 Å².